The lowest BCUT2D eigenvalue weighted by Gasteiger charge is -2.18. The van der Waals surface area contributed by atoms with Crippen molar-refractivity contribution in [3.63, 3.8) is 0 Å². The van der Waals surface area contributed by atoms with Crippen LogP contribution in [0.2, 0.25) is 0 Å². The highest BCUT2D eigenvalue weighted by Gasteiger charge is 2.26. The molecule has 21 heavy (non-hydrogen) atoms. The third-order valence-electron chi connectivity index (χ3n) is 4.38. The van der Waals surface area contributed by atoms with Gasteiger partial charge in [0.05, 0.1) is 4.92 Å². The van der Waals surface area contributed by atoms with E-state index in [1.165, 1.54) is 25.0 Å². The molecular weight excluding hydrogens is 268 g/mol. The first-order valence-corrected chi connectivity index (χ1v) is 7.59. The molecule has 5 heteroatoms. The van der Waals surface area contributed by atoms with Gasteiger partial charge in [0, 0.05) is 24.6 Å². The number of carbonyl (C=O) groups excluding carboxylic acids is 1. The molecule has 2 rings (SSSR count). The number of nitro benzene ring substituents is 1. The lowest BCUT2D eigenvalue weighted by Crippen LogP contribution is -2.33. The van der Waals surface area contributed by atoms with E-state index in [1.54, 1.807) is 12.1 Å². The molecule has 1 aromatic rings. The van der Waals surface area contributed by atoms with E-state index in [1.807, 2.05) is 6.92 Å². The third-order valence-corrected chi connectivity index (χ3v) is 4.38. The van der Waals surface area contributed by atoms with Gasteiger partial charge in [0.1, 0.15) is 0 Å². The molecule has 1 aromatic carbocycles. The van der Waals surface area contributed by atoms with E-state index in [4.69, 9.17) is 0 Å². The maximum atomic E-state index is 12.1. The number of hydrogen-bond donors (Lipinski definition) is 1. The molecule has 0 bridgehead atoms. The number of nitrogens with zero attached hydrogens (tertiary/aromatic N) is 1. The SMILES string of the molecule is CC(C(=O)NCCc1ccc([N+](=O)[O-])cc1)C1CCCC1. The molecule has 1 fully saturated rings. The second-order valence-electron chi connectivity index (χ2n) is 5.80. The van der Waals surface area contributed by atoms with E-state index < -0.39 is 4.92 Å². The number of nitrogens with one attached hydrogen (secondary N) is 1. The first-order valence-electron chi connectivity index (χ1n) is 7.59. The summed E-state index contributed by atoms with van der Waals surface area (Å²) in [6.45, 7) is 2.59. The molecule has 1 atom stereocenters. The van der Waals surface area contributed by atoms with Crippen molar-refractivity contribution in [1.82, 2.24) is 5.32 Å². The summed E-state index contributed by atoms with van der Waals surface area (Å²) in [7, 11) is 0. The topological polar surface area (TPSA) is 72.2 Å². The van der Waals surface area contributed by atoms with E-state index in [9.17, 15) is 14.9 Å². The van der Waals surface area contributed by atoms with Gasteiger partial charge >= 0.3 is 0 Å². The molecule has 5 nitrogen and oxygen atoms in total. The van der Waals surface area contributed by atoms with E-state index in [-0.39, 0.29) is 17.5 Å². The van der Waals surface area contributed by atoms with Gasteiger partial charge in [0.15, 0.2) is 0 Å². The normalized spacial score (nSPS) is 16.6. The summed E-state index contributed by atoms with van der Waals surface area (Å²) in [5.41, 5.74) is 1.09. The minimum Gasteiger partial charge on any atom is -0.356 e. The van der Waals surface area contributed by atoms with Crippen LogP contribution in [0.3, 0.4) is 0 Å². The number of nitro groups is 1. The molecule has 1 N–H and O–H groups in total. The van der Waals surface area contributed by atoms with E-state index in [2.05, 4.69) is 5.32 Å². The van der Waals surface area contributed by atoms with Gasteiger partial charge in [-0.1, -0.05) is 31.9 Å². The summed E-state index contributed by atoms with van der Waals surface area (Å²) in [5, 5.41) is 13.5. The predicted octanol–water partition coefficient (Wildman–Crippen LogP) is 3.08. The molecular formula is C16H22N2O3. The second kappa shape index (κ2) is 7.20. The van der Waals surface area contributed by atoms with Crippen LogP contribution in [0.5, 0.6) is 0 Å². The number of amides is 1. The summed E-state index contributed by atoms with van der Waals surface area (Å²) >= 11 is 0. The smallest absolute Gasteiger partial charge is 0.269 e. The third kappa shape index (κ3) is 4.28. The van der Waals surface area contributed by atoms with Gasteiger partial charge in [-0.25, -0.2) is 0 Å². The average molecular weight is 290 g/mol. The highest BCUT2D eigenvalue weighted by atomic mass is 16.6. The molecule has 0 spiro atoms. The lowest BCUT2D eigenvalue weighted by molar-refractivity contribution is -0.384. The molecule has 0 aliphatic heterocycles. The van der Waals surface area contributed by atoms with Gasteiger partial charge < -0.3 is 5.32 Å². The van der Waals surface area contributed by atoms with Crippen molar-refractivity contribution in [3.8, 4) is 0 Å². The van der Waals surface area contributed by atoms with Gasteiger partial charge in [-0.2, -0.15) is 0 Å². The molecule has 0 aromatic heterocycles. The largest absolute Gasteiger partial charge is 0.356 e. The van der Waals surface area contributed by atoms with Crippen molar-refractivity contribution < 1.29 is 9.72 Å². The fourth-order valence-electron chi connectivity index (χ4n) is 2.95. The van der Waals surface area contributed by atoms with Crippen LogP contribution in [0.15, 0.2) is 24.3 Å². The summed E-state index contributed by atoms with van der Waals surface area (Å²) in [4.78, 5) is 22.2. The number of rotatable bonds is 6. The Morgan fingerprint density at radius 1 is 1.33 bits per heavy atom. The summed E-state index contributed by atoms with van der Waals surface area (Å²) < 4.78 is 0. The Bertz CT molecular complexity index is 493. The average Bonchev–Trinajstić information content (AvgIpc) is 3.01. The maximum Gasteiger partial charge on any atom is 0.269 e. The first-order chi connectivity index (χ1) is 10.1. The van der Waals surface area contributed by atoms with Crippen molar-refractivity contribution in [1.29, 1.82) is 0 Å². The molecule has 1 aliphatic rings. The van der Waals surface area contributed by atoms with Gasteiger partial charge in [-0.05, 0) is 30.7 Å². The first kappa shape index (κ1) is 15.5. The van der Waals surface area contributed by atoms with Crippen molar-refractivity contribution in [2.75, 3.05) is 6.54 Å². The quantitative estimate of drug-likeness (QED) is 0.646. The Morgan fingerprint density at radius 3 is 2.52 bits per heavy atom. The highest BCUT2D eigenvalue weighted by Crippen LogP contribution is 2.31. The van der Waals surface area contributed by atoms with Crippen LogP contribution in [0.25, 0.3) is 0 Å². The Morgan fingerprint density at radius 2 is 1.95 bits per heavy atom. The van der Waals surface area contributed by atoms with Crippen LogP contribution >= 0.6 is 0 Å². The van der Waals surface area contributed by atoms with Gasteiger partial charge in [0.2, 0.25) is 5.91 Å². The number of benzene rings is 1. The van der Waals surface area contributed by atoms with E-state index in [0.717, 1.165) is 18.4 Å². The molecule has 1 saturated carbocycles. The van der Waals surface area contributed by atoms with Crippen LogP contribution < -0.4 is 5.32 Å². The Hall–Kier alpha value is -1.91. The zero-order valence-electron chi connectivity index (χ0n) is 12.4. The summed E-state index contributed by atoms with van der Waals surface area (Å²) in [5.74, 6) is 0.748. The van der Waals surface area contributed by atoms with E-state index >= 15 is 0 Å². The van der Waals surface area contributed by atoms with Crippen LogP contribution in [0.1, 0.15) is 38.2 Å². The van der Waals surface area contributed by atoms with Crippen LogP contribution in [0.4, 0.5) is 5.69 Å². The molecule has 114 valence electrons. The van der Waals surface area contributed by atoms with Crippen LogP contribution in [-0.2, 0) is 11.2 Å². The van der Waals surface area contributed by atoms with Crippen molar-refractivity contribution >= 4 is 11.6 Å². The predicted molar refractivity (Wildman–Crippen MR) is 80.9 cm³/mol. The number of carbonyl (C=O) groups is 1. The molecule has 1 amide bonds. The van der Waals surface area contributed by atoms with Crippen molar-refractivity contribution in [2.24, 2.45) is 11.8 Å². The molecule has 0 saturated heterocycles. The fraction of sp³-hybridized carbons (Fsp3) is 0.562. The number of non-ortho nitro benzene ring substituents is 1. The van der Waals surface area contributed by atoms with Crippen LogP contribution in [-0.4, -0.2) is 17.4 Å². The maximum absolute atomic E-state index is 12.1. The van der Waals surface area contributed by atoms with Gasteiger partial charge in [0.25, 0.3) is 5.69 Å². The zero-order chi connectivity index (χ0) is 15.2. The van der Waals surface area contributed by atoms with Crippen LogP contribution in [0, 0.1) is 22.0 Å². The van der Waals surface area contributed by atoms with Gasteiger partial charge in [-0.3, -0.25) is 14.9 Å². The minimum absolute atomic E-state index is 0.0874. The Balaban J connectivity index is 1.75. The number of hydrogen-bond acceptors (Lipinski definition) is 3. The monoisotopic (exact) mass is 290 g/mol. The lowest BCUT2D eigenvalue weighted by atomic mass is 9.92. The Labute approximate surface area is 124 Å². The summed E-state index contributed by atoms with van der Waals surface area (Å²) in [6.07, 6.45) is 5.51. The summed E-state index contributed by atoms with van der Waals surface area (Å²) in [6, 6.07) is 6.48. The van der Waals surface area contributed by atoms with Crippen molar-refractivity contribution in [3.05, 3.63) is 39.9 Å². The molecule has 0 radical (unpaired) electrons. The Kier molecular flexibility index (Phi) is 5.31. The second-order valence-corrected chi connectivity index (χ2v) is 5.80. The van der Waals surface area contributed by atoms with Crippen molar-refractivity contribution in [2.45, 2.75) is 39.0 Å². The standard InChI is InChI=1S/C16H22N2O3/c1-12(14-4-2-3-5-14)16(19)17-11-10-13-6-8-15(9-7-13)18(20)21/h6-9,12,14H,2-5,10-11H2,1H3,(H,17,19). The molecule has 1 unspecified atom stereocenters. The molecule has 1 aliphatic carbocycles. The highest BCUT2D eigenvalue weighted by molar-refractivity contribution is 5.78. The fourth-order valence-corrected chi connectivity index (χ4v) is 2.95. The zero-order valence-corrected chi connectivity index (χ0v) is 12.4. The van der Waals surface area contributed by atoms with E-state index in [0.29, 0.717) is 18.9 Å². The molecule has 0 heterocycles. The van der Waals surface area contributed by atoms with Gasteiger partial charge in [-0.15, -0.1) is 0 Å². The minimum atomic E-state index is -0.408.